The van der Waals surface area contributed by atoms with E-state index in [0.29, 0.717) is 17.4 Å². The number of halogens is 1. The van der Waals surface area contributed by atoms with Gasteiger partial charge in [0.1, 0.15) is 0 Å². The Bertz CT molecular complexity index is 792. The number of hydrogen-bond acceptors (Lipinski definition) is 3. The Labute approximate surface area is 171 Å². The highest BCUT2D eigenvalue weighted by atomic mass is 35.5. The fourth-order valence-corrected chi connectivity index (χ4v) is 5.12. The second kappa shape index (κ2) is 7.88. The average Bonchev–Trinajstić information content (AvgIpc) is 3.43. The third-order valence-corrected chi connectivity index (χ3v) is 7.16. The van der Waals surface area contributed by atoms with Crippen molar-refractivity contribution in [3.63, 3.8) is 0 Å². The first-order valence-electron chi connectivity index (χ1n) is 10.3. The van der Waals surface area contributed by atoms with Gasteiger partial charge in [-0.1, -0.05) is 30.7 Å². The van der Waals surface area contributed by atoms with Gasteiger partial charge >= 0.3 is 0 Å². The number of imidazole rings is 1. The number of H-pyrrole nitrogens is 1. The standard InChI is InChI=1S/C22H29ClN4O/c1-15(20-13-25-14-26-20)22(17-4-5-17)8-10-27(11-9-22)21(28)19(24)12-16-2-6-18(23)7-3-16/h2-3,6-7,13-15,17,19H,4-5,8-12,24H2,1H3,(H,25,26). The van der Waals surface area contributed by atoms with E-state index in [2.05, 4.69) is 16.9 Å². The molecule has 150 valence electrons. The Morgan fingerprint density at radius 2 is 2.00 bits per heavy atom. The van der Waals surface area contributed by atoms with Crippen LogP contribution >= 0.6 is 11.6 Å². The first-order chi connectivity index (χ1) is 13.5. The van der Waals surface area contributed by atoms with Crippen LogP contribution in [0.15, 0.2) is 36.8 Å². The number of likely N-dealkylation sites (tertiary alicyclic amines) is 1. The third-order valence-electron chi connectivity index (χ3n) is 6.91. The van der Waals surface area contributed by atoms with Gasteiger partial charge in [-0.2, -0.15) is 0 Å². The second-order valence-electron chi connectivity index (χ2n) is 8.49. The summed E-state index contributed by atoms with van der Waals surface area (Å²) in [6.07, 6.45) is 9.01. The zero-order chi connectivity index (χ0) is 19.7. The highest BCUT2D eigenvalue weighted by Gasteiger charge is 2.51. The number of hydrogen-bond donors (Lipinski definition) is 2. The Balaban J connectivity index is 1.39. The molecule has 2 heterocycles. The van der Waals surface area contributed by atoms with E-state index in [9.17, 15) is 4.79 Å². The lowest BCUT2D eigenvalue weighted by Crippen LogP contribution is -2.51. The molecule has 5 nitrogen and oxygen atoms in total. The smallest absolute Gasteiger partial charge is 0.239 e. The molecule has 0 bridgehead atoms. The number of piperidine rings is 1. The molecule has 1 amide bonds. The summed E-state index contributed by atoms with van der Waals surface area (Å²) >= 11 is 5.94. The van der Waals surface area contributed by atoms with E-state index in [-0.39, 0.29) is 11.3 Å². The monoisotopic (exact) mass is 400 g/mol. The number of nitrogens with one attached hydrogen (secondary N) is 1. The molecule has 1 aliphatic heterocycles. The lowest BCUT2D eigenvalue weighted by molar-refractivity contribution is -0.135. The van der Waals surface area contributed by atoms with Crippen LogP contribution in [-0.4, -0.2) is 39.9 Å². The van der Waals surface area contributed by atoms with Crippen LogP contribution in [0.5, 0.6) is 0 Å². The molecule has 0 spiro atoms. The molecule has 28 heavy (non-hydrogen) atoms. The van der Waals surface area contributed by atoms with Gasteiger partial charge in [-0.25, -0.2) is 4.98 Å². The number of nitrogens with zero attached hydrogens (tertiary/aromatic N) is 2. The highest BCUT2D eigenvalue weighted by molar-refractivity contribution is 6.30. The number of rotatable bonds is 6. The molecule has 1 saturated heterocycles. The maximum atomic E-state index is 12.9. The summed E-state index contributed by atoms with van der Waals surface area (Å²) in [6.45, 7) is 3.88. The van der Waals surface area contributed by atoms with Gasteiger partial charge in [0.25, 0.3) is 0 Å². The molecule has 0 radical (unpaired) electrons. The van der Waals surface area contributed by atoms with E-state index in [4.69, 9.17) is 17.3 Å². The molecule has 3 N–H and O–H groups in total. The second-order valence-corrected chi connectivity index (χ2v) is 8.92. The molecule has 1 saturated carbocycles. The van der Waals surface area contributed by atoms with Gasteiger partial charge in [0.15, 0.2) is 0 Å². The van der Waals surface area contributed by atoms with Gasteiger partial charge in [-0.3, -0.25) is 4.79 Å². The summed E-state index contributed by atoms with van der Waals surface area (Å²) < 4.78 is 0. The Kier molecular flexibility index (Phi) is 5.48. The van der Waals surface area contributed by atoms with Crippen LogP contribution in [0.2, 0.25) is 5.02 Å². The maximum absolute atomic E-state index is 12.9. The van der Waals surface area contributed by atoms with Crippen LogP contribution in [0, 0.1) is 11.3 Å². The van der Waals surface area contributed by atoms with Gasteiger partial charge in [-0.05, 0) is 61.1 Å². The van der Waals surface area contributed by atoms with E-state index in [1.807, 2.05) is 35.4 Å². The minimum atomic E-state index is -0.502. The van der Waals surface area contributed by atoms with Crippen molar-refractivity contribution >= 4 is 17.5 Å². The van der Waals surface area contributed by atoms with Crippen LogP contribution in [-0.2, 0) is 11.2 Å². The molecule has 2 atom stereocenters. The van der Waals surface area contributed by atoms with Crippen molar-refractivity contribution in [1.29, 1.82) is 0 Å². The first kappa shape index (κ1) is 19.5. The summed E-state index contributed by atoms with van der Waals surface area (Å²) in [5.41, 5.74) is 8.70. The lowest BCUT2D eigenvalue weighted by atomic mass is 9.65. The van der Waals surface area contributed by atoms with Gasteiger partial charge < -0.3 is 15.6 Å². The fraction of sp³-hybridized carbons (Fsp3) is 0.545. The topological polar surface area (TPSA) is 75.0 Å². The summed E-state index contributed by atoms with van der Waals surface area (Å²) in [7, 11) is 0. The molecule has 2 fully saturated rings. The van der Waals surface area contributed by atoms with Crippen molar-refractivity contribution in [2.24, 2.45) is 17.1 Å². The molecule has 1 aliphatic carbocycles. The number of nitrogens with two attached hydrogens (primary N) is 1. The summed E-state index contributed by atoms with van der Waals surface area (Å²) in [4.78, 5) is 22.5. The minimum Gasteiger partial charge on any atom is -0.351 e. The average molecular weight is 401 g/mol. The van der Waals surface area contributed by atoms with E-state index >= 15 is 0 Å². The van der Waals surface area contributed by atoms with Gasteiger partial charge in [-0.15, -0.1) is 0 Å². The van der Waals surface area contributed by atoms with Crippen LogP contribution in [0.4, 0.5) is 0 Å². The maximum Gasteiger partial charge on any atom is 0.239 e. The van der Waals surface area contributed by atoms with E-state index in [1.54, 1.807) is 6.33 Å². The van der Waals surface area contributed by atoms with Crippen LogP contribution in [0.1, 0.15) is 49.8 Å². The number of amides is 1. The number of aromatic amines is 1. The molecular formula is C22H29ClN4O. The van der Waals surface area contributed by atoms with Crippen LogP contribution in [0.25, 0.3) is 0 Å². The first-order valence-corrected chi connectivity index (χ1v) is 10.6. The predicted octanol–water partition coefficient (Wildman–Crippen LogP) is 3.76. The Morgan fingerprint density at radius 3 is 2.57 bits per heavy atom. The molecule has 1 aromatic heterocycles. The van der Waals surface area contributed by atoms with Gasteiger partial charge in [0, 0.05) is 30.2 Å². The molecule has 2 aliphatic rings. The quantitative estimate of drug-likeness (QED) is 0.775. The van der Waals surface area contributed by atoms with Crippen molar-refractivity contribution in [3.8, 4) is 0 Å². The molecule has 6 heteroatoms. The van der Waals surface area contributed by atoms with Crippen molar-refractivity contribution in [2.45, 2.75) is 51.0 Å². The zero-order valence-electron chi connectivity index (χ0n) is 16.4. The highest BCUT2D eigenvalue weighted by Crippen LogP contribution is 2.58. The van der Waals surface area contributed by atoms with Crippen molar-refractivity contribution in [1.82, 2.24) is 14.9 Å². The van der Waals surface area contributed by atoms with Crippen molar-refractivity contribution in [2.75, 3.05) is 13.1 Å². The SMILES string of the molecule is CC(c1c[nH]cn1)C1(C2CC2)CCN(C(=O)C(N)Cc2ccc(Cl)cc2)CC1. The van der Waals surface area contributed by atoms with E-state index in [1.165, 1.54) is 12.8 Å². The minimum absolute atomic E-state index is 0.0618. The number of benzene rings is 1. The lowest BCUT2D eigenvalue weighted by Gasteiger charge is -2.46. The van der Waals surface area contributed by atoms with Gasteiger partial charge in [0.05, 0.1) is 18.1 Å². The summed E-state index contributed by atoms with van der Waals surface area (Å²) in [5.74, 6) is 1.23. The van der Waals surface area contributed by atoms with Gasteiger partial charge in [0.2, 0.25) is 5.91 Å². The third kappa shape index (κ3) is 3.83. The van der Waals surface area contributed by atoms with E-state index < -0.39 is 6.04 Å². The number of aromatic nitrogens is 2. The Morgan fingerprint density at radius 1 is 1.32 bits per heavy atom. The van der Waals surface area contributed by atoms with Crippen LogP contribution < -0.4 is 5.73 Å². The molecule has 1 aromatic carbocycles. The predicted molar refractivity (Wildman–Crippen MR) is 111 cm³/mol. The van der Waals surface area contributed by atoms with Crippen molar-refractivity contribution < 1.29 is 4.79 Å². The van der Waals surface area contributed by atoms with E-state index in [0.717, 1.165) is 43.1 Å². The fourth-order valence-electron chi connectivity index (χ4n) is 5.00. The summed E-state index contributed by atoms with van der Waals surface area (Å²) in [6, 6.07) is 7.06. The van der Waals surface area contributed by atoms with Crippen LogP contribution in [0.3, 0.4) is 0 Å². The normalized spacial score (nSPS) is 21.3. The Hall–Kier alpha value is -1.85. The molecular weight excluding hydrogens is 372 g/mol. The van der Waals surface area contributed by atoms with Crippen molar-refractivity contribution in [3.05, 3.63) is 53.1 Å². The largest absolute Gasteiger partial charge is 0.351 e. The molecule has 4 rings (SSSR count). The summed E-state index contributed by atoms with van der Waals surface area (Å²) in [5, 5.41) is 0.696. The number of carbonyl (C=O) groups is 1. The molecule has 2 unspecified atom stereocenters. The number of carbonyl (C=O) groups excluding carboxylic acids is 1. The molecule has 2 aromatic rings. The zero-order valence-corrected chi connectivity index (χ0v) is 17.2.